The molecule has 0 amide bonds. The molecular weight excluding hydrogens is 279 g/mol. The Bertz CT molecular complexity index is 395. The van der Waals surface area contributed by atoms with Gasteiger partial charge in [-0.25, -0.2) is 0 Å². The molecule has 18 heavy (non-hydrogen) atoms. The zero-order valence-corrected chi connectivity index (χ0v) is 11.3. The van der Waals surface area contributed by atoms with Crippen molar-refractivity contribution < 1.29 is 13.2 Å². The van der Waals surface area contributed by atoms with Crippen LogP contribution in [0.25, 0.3) is 0 Å². The van der Waals surface area contributed by atoms with Gasteiger partial charge in [-0.1, -0.05) is 18.2 Å². The van der Waals surface area contributed by atoms with Crippen LogP contribution in [0.15, 0.2) is 29.2 Å². The third-order valence-corrected chi connectivity index (χ3v) is 4.72. The molecule has 1 heterocycles. The monoisotopic (exact) mass is 293 g/mol. The number of halogens is 3. The Morgan fingerprint density at radius 2 is 2.11 bits per heavy atom. The number of hydrogen-bond acceptors (Lipinski definition) is 3. The maximum Gasteiger partial charge on any atom is 0.441 e. The average molecular weight is 293 g/mol. The van der Waals surface area contributed by atoms with Gasteiger partial charge in [0.15, 0.2) is 0 Å². The standard InChI is InChI=1S/C12H14F3NS2/c13-12(14,15)18-6-5-16-7-9-8-17-11-4-2-1-3-10(9)11/h1-4,9,16H,5-8H2. The molecule has 1 aliphatic heterocycles. The molecule has 1 N–H and O–H groups in total. The van der Waals surface area contributed by atoms with Crippen LogP contribution in [0, 0.1) is 0 Å². The molecule has 2 rings (SSSR count). The summed E-state index contributed by atoms with van der Waals surface area (Å²) in [5, 5.41) is 3.11. The summed E-state index contributed by atoms with van der Waals surface area (Å²) in [7, 11) is 0. The van der Waals surface area contributed by atoms with Crippen LogP contribution in [0.4, 0.5) is 13.2 Å². The number of benzene rings is 1. The SMILES string of the molecule is FC(F)(F)SCCNCC1CSc2ccccc21. The van der Waals surface area contributed by atoms with E-state index in [0.717, 1.165) is 12.3 Å². The van der Waals surface area contributed by atoms with Crippen molar-refractivity contribution in [2.75, 3.05) is 24.6 Å². The van der Waals surface area contributed by atoms with Gasteiger partial charge in [0, 0.05) is 35.4 Å². The summed E-state index contributed by atoms with van der Waals surface area (Å²) in [4.78, 5) is 1.30. The van der Waals surface area contributed by atoms with E-state index in [1.165, 1.54) is 10.5 Å². The summed E-state index contributed by atoms with van der Waals surface area (Å²) in [5.74, 6) is 1.51. The minimum absolute atomic E-state index is 0.0340. The van der Waals surface area contributed by atoms with Gasteiger partial charge in [-0.05, 0) is 23.4 Å². The summed E-state index contributed by atoms with van der Waals surface area (Å²) in [6, 6.07) is 8.23. The van der Waals surface area contributed by atoms with Gasteiger partial charge in [-0.2, -0.15) is 13.2 Å². The Morgan fingerprint density at radius 1 is 1.33 bits per heavy atom. The number of thioether (sulfide) groups is 2. The van der Waals surface area contributed by atoms with Crippen molar-refractivity contribution in [3.8, 4) is 0 Å². The molecule has 0 fully saturated rings. The van der Waals surface area contributed by atoms with Crippen molar-refractivity contribution in [1.82, 2.24) is 5.32 Å². The van der Waals surface area contributed by atoms with E-state index in [9.17, 15) is 13.2 Å². The quantitative estimate of drug-likeness (QED) is 0.831. The lowest BCUT2D eigenvalue weighted by molar-refractivity contribution is -0.0327. The average Bonchev–Trinajstić information content (AvgIpc) is 2.71. The van der Waals surface area contributed by atoms with Crippen molar-refractivity contribution in [3.05, 3.63) is 29.8 Å². The van der Waals surface area contributed by atoms with Crippen molar-refractivity contribution in [2.45, 2.75) is 16.3 Å². The molecule has 1 aromatic carbocycles. The van der Waals surface area contributed by atoms with E-state index in [-0.39, 0.29) is 17.5 Å². The lowest BCUT2D eigenvalue weighted by atomic mass is 10.0. The highest BCUT2D eigenvalue weighted by atomic mass is 32.2. The van der Waals surface area contributed by atoms with Crippen molar-refractivity contribution in [1.29, 1.82) is 0 Å². The largest absolute Gasteiger partial charge is 0.441 e. The number of hydrogen-bond donors (Lipinski definition) is 1. The molecule has 0 aliphatic carbocycles. The third kappa shape index (κ3) is 4.10. The first-order valence-electron chi connectivity index (χ1n) is 5.69. The predicted molar refractivity (Wildman–Crippen MR) is 71.3 cm³/mol. The summed E-state index contributed by atoms with van der Waals surface area (Å²) in [6.07, 6.45) is 0. The highest BCUT2D eigenvalue weighted by Crippen LogP contribution is 2.38. The second-order valence-corrected chi connectivity index (χ2v) is 6.27. The molecule has 100 valence electrons. The molecular formula is C12H14F3NS2. The molecule has 1 unspecified atom stereocenters. The van der Waals surface area contributed by atoms with Crippen LogP contribution in [-0.4, -0.2) is 30.1 Å². The van der Waals surface area contributed by atoms with Gasteiger partial charge < -0.3 is 5.32 Å². The molecule has 0 saturated heterocycles. The molecule has 0 radical (unpaired) electrons. The van der Waals surface area contributed by atoms with Gasteiger partial charge in [0.1, 0.15) is 0 Å². The van der Waals surface area contributed by atoms with E-state index >= 15 is 0 Å². The molecule has 0 spiro atoms. The Morgan fingerprint density at radius 3 is 2.89 bits per heavy atom. The number of rotatable bonds is 5. The molecule has 0 saturated carbocycles. The normalized spacial score (nSPS) is 18.9. The predicted octanol–water partition coefficient (Wildman–Crippen LogP) is 3.72. The van der Waals surface area contributed by atoms with Gasteiger partial charge in [0.25, 0.3) is 0 Å². The molecule has 1 atom stereocenters. The van der Waals surface area contributed by atoms with Crippen LogP contribution in [0.3, 0.4) is 0 Å². The van der Waals surface area contributed by atoms with Crippen LogP contribution < -0.4 is 5.32 Å². The maximum atomic E-state index is 11.9. The van der Waals surface area contributed by atoms with Crippen LogP contribution in [0.5, 0.6) is 0 Å². The van der Waals surface area contributed by atoms with Crippen molar-refractivity contribution in [2.24, 2.45) is 0 Å². The lowest BCUT2D eigenvalue weighted by Gasteiger charge is -2.12. The highest BCUT2D eigenvalue weighted by Gasteiger charge is 2.27. The van der Waals surface area contributed by atoms with Crippen molar-refractivity contribution >= 4 is 23.5 Å². The van der Waals surface area contributed by atoms with E-state index in [2.05, 4.69) is 17.4 Å². The first-order chi connectivity index (χ1) is 8.56. The summed E-state index contributed by atoms with van der Waals surface area (Å²) in [6.45, 7) is 1.15. The second kappa shape index (κ2) is 6.21. The van der Waals surface area contributed by atoms with E-state index in [4.69, 9.17) is 0 Å². The molecule has 1 aromatic rings. The Kier molecular flexibility index (Phi) is 4.86. The van der Waals surface area contributed by atoms with E-state index < -0.39 is 5.51 Å². The Hall–Kier alpha value is -0.330. The number of alkyl halides is 3. The van der Waals surface area contributed by atoms with Gasteiger partial charge >= 0.3 is 5.51 Å². The molecule has 1 nitrogen and oxygen atoms in total. The van der Waals surface area contributed by atoms with Gasteiger partial charge in [0.2, 0.25) is 0 Å². The Labute approximate surface area is 113 Å². The molecule has 0 bridgehead atoms. The second-order valence-electron chi connectivity index (χ2n) is 4.04. The highest BCUT2D eigenvalue weighted by molar-refractivity contribution is 8.00. The summed E-state index contributed by atoms with van der Waals surface area (Å²) < 4.78 is 35.7. The minimum Gasteiger partial charge on any atom is -0.315 e. The molecule has 0 aromatic heterocycles. The summed E-state index contributed by atoms with van der Waals surface area (Å²) >= 11 is 1.85. The summed E-state index contributed by atoms with van der Waals surface area (Å²) in [5.41, 5.74) is -2.80. The van der Waals surface area contributed by atoms with E-state index in [1.54, 1.807) is 0 Å². The third-order valence-electron chi connectivity index (χ3n) is 2.73. The number of nitrogens with one attached hydrogen (secondary N) is 1. The van der Waals surface area contributed by atoms with Gasteiger partial charge in [0.05, 0.1) is 0 Å². The van der Waals surface area contributed by atoms with Crippen LogP contribution >= 0.6 is 23.5 Å². The lowest BCUT2D eigenvalue weighted by Crippen LogP contribution is -2.24. The fourth-order valence-corrected chi connectivity index (χ4v) is 3.65. The van der Waals surface area contributed by atoms with Crippen LogP contribution in [0.1, 0.15) is 11.5 Å². The smallest absolute Gasteiger partial charge is 0.315 e. The Balaban J connectivity index is 1.70. The van der Waals surface area contributed by atoms with Crippen molar-refractivity contribution in [3.63, 3.8) is 0 Å². The fourth-order valence-electron chi connectivity index (χ4n) is 1.91. The van der Waals surface area contributed by atoms with E-state index in [0.29, 0.717) is 12.5 Å². The zero-order valence-electron chi connectivity index (χ0n) is 9.67. The number of fused-ring (bicyclic) bond motifs is 1. The molecule has 1 aliphatic rings. The first-order valence-corrected chi connectivity index (χ1v) is 7.66. The van der Waals surface area contributed by atoms with Gasteiger partial charge in [-0.15, -0.1) is 11.8 Å². The van der Waals surface area contributed by atoms with Crippen LogP contribution in [0.2, 0.25) is 0 Å². The topological polar surface area (TPSA) is 12.0 Å². The minimum atomic E-state index is -4.11. The molecule has 6 heteroatoms. The first kappa shape index (κ1) is 14.1. The zero-order chi connectivity index (χ0) is 13.0. The van der Waals surface area contributed by atoms with E-state index in [1.807, 2.05) is 23.9 Å². The van der Waals surface area contributed by atoms with Crippen LogP contribution in [-0.2, 0) is 0 Å². The van der Waals surface area contributed by atoms with Gasteiger partial charge in [-0.3, -0.25) is 0 Å². The maximum absolute atomic E-state index is 11.9. The fraction of sp³-hybridized carbons (Fsp3) is 0.500.